The van der Waals surface area contributed by atoms with E-state index in [1.807, 2.05) is 48.5 Å². The van der Waals surface area contributed by atoms with E-state index < -0.39 is 11.9 Å². The Morgan fingerprint density at radius 1 is 0.929 bits per heavy atom. The van der Waals surface area contributed by atoms with Crippen LogP contribution in [0.2, 0.25) is 0 Å². The van der Waals surface area contributed by atoms with Gasteiger partial charge in [-0.05, 0) is 98.0 Å². The Kier molecular flexibility index (Phi) is 7.68. The van der Waals surface area contributed by atoms with Gasteiger partial charge in [0, 0.05) is 47.2 Å². The number of phenols is 1. The molecule has 3 N–H and O–H groups in total. The summed E-state index contributed by atoms with van der Waals surface area (Å²) in [7, 11) is 4.30. The zero-order valence-corrected chi connectivity index (χ0v) is 23.8. The van der Waals surface area contributed by atoms with Crippen LogP contribution in [-0.4, -0.2) is 54.1 Å². The number of aromatic amines is 1. The molecule has 1 fully saturated rings. The lowest BCUT2D eigenvalue weighted by atomic mass is 9.99. The number of anilines is 1. The zero-order chi connectivity index (χ0) is 29.2. The number of H-pyrrole nitrogens is 1. The van der Waals surface area contributed by atoms with Crippen LogP contribution in [0.15, 0.2) is 97.1 Å². The largest absolute Gasteiger partial charge is 0.508 e. The van der Waals surface area contributed by atoms with E-state index in [9.17, 15) is 14.3 Å². The number of carbonyl (C=O) groups excluding carboxylic acids is 1. The van der Waals surface area contributed by atoms with Crippen molar-refractivity contribution in [2.75, 3.05) is 32.1 Å². The van der Waals surface area contributed by atoms with Crippen LogP contribution in [0.25, 0.3) is 22.0 Å². The number of aromatic hydroxyl groups is 1. The summed E-state index contributed by atoms with van der Waals surface area (Å²) in [5, 5.41) is 14.6. The summed E-state index contributed by atoms with van der Waals surface area (Å²) in [5.41, 5.74) is 5.43. The van der Waals surface area contributed by atoms with Crippen molar-refractivity contribution in [3.8, 4) is 16.9 Å². The van der Waals surface area contributed by atoms with Crippen molar-refractivity contribution in [2.24, 2.45) is 0 Å². The number of piperidine rings is 1. The zero-order valence-electron chi connectivity index (χ0n) is 23.8. The van der Waals surface area contributed by atoms with Crippen molar-refractivity contribution < 1.29 is 14.3 Å². The van der Waals surface area contributed by atoms with Crippen molar-refractivity contribution in [1.82, 2.24) is 15.2 Å². The first-order chi connectivity index (χ1) is 20.4. The third-order valence-corrected chi connectivity index (χ3v) is 8.32. The van der Waals surface area contributed by atoms with Crippen LogP contribution in [0.3, 0.4) is 0 Å². The molecule has 0 spiro atoms. The minimum atomic E-state index is -0.792. The first-order valence-electron chi connectivity index (χ1n) is 14.3. The lowest BCUT2D eigenvalue weighted by Crippen LogP contribution is -2.41. The third kappa shape index (κ3) is 5.74. The van der Waals surface area contributed by atoms with Crippen LogP contribution in [-0.2, 0) is 0 Å². The van der Waals surface area contributed by atoms with Crippen molar-refractivity contribution >= 4 is 22.5 Å². The van der Waals surface area contributed by atoms with Gasteiger partial charge in [-0.1, -0.05) is 42.5 Å². The number of hydrogen-bond acceptors (Lipinski definition) is 4. The van der Waals surface area contributed by atoms with Gasteiger partial charge in [0.05, 0.1) is 6.04 Å². The molecule has 1 amide bonds. The Hall–Kier alpha value is -4.62. The average Bonchev–Trinajstić information content (AvgIpc) is 3.45. The molecule has 6 nitrogen and oxygen atoms in total. The highest BCUT2D eigenvalue weighted by atomic mass is 19.1. The summed E-state index contributed by atoms with van der Waals surface area (Å²) in [6.45, 7) is 2.08. The molecule has 7 heteroatoms. The van der Waals surface area contributed by atoms with Crippen LogP contribution in [0.4, 0.5) is 10.1 Å². The summed E-state index contributed by atoms with van der Waals surface area (Å²) in [5.74, 6) is -0.921. The molecule has 1 saturated heterocycles. The van der Waals surface area contributed by atoms with E-state index in [1.54, 1.807) is 6.07 Å². The van der Waals surface area contributed by atoms with Crippen LogP contribution in [0, 0.1) is 5.82 Å². The first kappa shape index (κ1) is 27.5. The van der Waals surface area contributed by atoms with E-state index in [0.717, 1.165) is 48.0 Å². The predicted molar refractivity (Wildman–Crippen MR) is 166 cm³/mol. The molecule has 0 aliphatic carbocycles. The van der Waals surface area contributed by atoms with Gasteiger partial charge < -0.3 is 25.2 Å². The number of carbonyl (C=O) groups is 1. The maximum Gasteiger partial charge on any atom is 0.252 e. The summed E-state index contributed by atoms with van der Waals surface area (Å²) >= 11 is 0. The van der Waals surface area contributed by atoms with Crippen LogP contribution < -0.4 is 10.2 Å². The number of nitrogens with one attached hydrogen (secondary N) is 2. The lowest BCUT2D eigenvalue weighted by molar-refractivity contribution is 0.0942. The molecular formula is C35H35FN4O2. The third-order valence-electron chi connectivity index (χ3n) is 8.32. The summed E-state index contributed by atoms with van der Waals surface area (Å²) in [6.07, 6.45) is 2.30. The first-order valence-corrected chi connectivity index (χ1v) is 14.3. The normalized spacial score (nSPS) is 14.8. The molecule has 42 heavy (non-hydrogen) atoms. The molecule has 1 atom stereocenters. The molecule has 0 bridgehead atoms. The highest BCUT2D eigenvalue weighted by molar-refractivity contribution is 5.96. The van der Waals surface area contributed by atoms with Gasteiger partial charge in [-0.25, -0.2) is 4.39 Å². The molecule has 0 saturated carbocycles. The smallest absolute Gasteiger partial charge is 0.252 e. The standard InChI is InChI=1S/C35H35FN4O2/c1-39(2)28-16-18-40(19-17-28)29-13-10-23(11-14-29)24-7-5-8-26(20-24)35(42)38-34(30-22-27(36)12-15-33(30)41)32-21-25-6-3-4-9-31(25)37-32/h3-15,20-22,28,34,37,41H,16-19H2,1-2H3,(H,38,42)/t34-/m1/s1. The highest BCUT2D eigenvalue weighted by Gasteiger charge is 2.24. The Morgan fingerprint density at radius 2 is 1.69 bits per heavy atom. The molecule has 0 radical (unpaired) electrons. The summed E-state index contributed by atoms with van der Waals surface area (Å²) in [4.78, 5) is 21.7. The number of aromatic nitrogens is 1. The van der Waals surface area contributed by atoms with Gasteiger partial charge in [-0.2, -0.15) is 0 Å². The van der Waals surface area contributed by atoms with E-state index in [0.29, 0.717) is 17.3 Å². The van der Waals surface area contributed by atoms with Crippen LogP contribution in [0.1, 0.15) is 40.5 Å². The van der Waals surface area contributed by atoms with Gasteiger partial charge in [0.15, 0.2) is 0 Å². The fourth-order valence-corrected chi connectivity index (χ4v) is 5.89. The minimum Gasteiger partial charge on any atom is -0.508 e. The number of fused-ring (bicyclic) bond motifs is 1. The van der Waals surface area contributed by atoms with Crippen molar-refractivity contribution in [2.45, 2.75) is 24.9 Å². The van der Waals surface area contributed by atoms with Gasteiger partial charge in [0.1, 0.15) is 11.6 Å². The van der Waals surface area contributed by atoms with Gasteiger partial charge in [0.25, 0.3) is 5.91 Å². The Labute approximate surface area is 245 Å². The van der Waals surface area contributed by atoms with Gasteiger partial charge >= 0.3 is 0 Å². The Bertz CT molecular complexity index is 1670. The number of nitrogens with zero attached hydrogens (tertiary/aromatic N) is 2. The molecule has 1 aromatic heterocycles. The molecule has 0 unspecified atom stereocenters. The number of benzene rings is 4. The fraction of sp³-hybridized carbons (Fsp3) is 0.229. The number of phenolic OH excluding ortho intramolecular Hbond substituents is 1. The van der Waals surface area contributed by atoms with Gasteiger partial charge in [-0.15, -0.1) is 0 Å². The van der Waals surface area contributed by atoms with Crippen molar-refractivity contribution in [3.05, 3.63) is 120 Å². The number of hydrogen-bond donors (Lipinski definition) is 3. The lowest BCUT2D eigenvalue weighted by Gasteiger charge is -2.36. The Morgan fingerprint density at radius 3 is 2.43 bits per heavy atom. The number of halogens is 1. The minimum absolute atomic E-state index is 0.0971. The Balaban J connectivity index is 1.24. The maximum absolute atomic E-state index is 14.3. The molecule has 214 valence electrons. The molecule has 5 aromatic rings. The summed E-state index contributed by atoms with van der Waals surface area (Å²) < 4.78 is 14.3. The van der Waals surface area contributed by atoms with E-state index in [-0.39, 0.29) is 17.2 Å². The van der Waals surface area contributed by atoms with Crippen LogP contribution in [0.5, 0.6) is 5.75 Å². The van der Waals surface area contributed by atoms with E-state index >= 15 is 0 Å². The average molecular weight is 563 g/mol. The predicted octanol–water partition coefficient (Wildman–Crippen LogP) is 6.73. The molecule has 1 aliphatic rings. The molecule has 6 rings (SSSR count). The maximum atomic E-state index is 14.3. The molecule has 4 aromatic carbocycles. The topological polar surface area (TPSA) is 71.6 Å². The van der Waals surface area contributed by atoms with Gasteiger partial charge in [-0.3, -0.25) is 4.79 Å². The van der Waals surface area contributed by atoms with Crippen molar-refractivity contribution in [3.63, 3.8) is 0 Å². The summed E-state index contributed by atoms with van der Waals surface area (Å²) in [6, 6.07) is 29.2. The van der Waals surface area contributed by atoms with Crippen LogP contribution >= 0.6 is 0 Å². The fourth-order valence-electron chi connectivity index (χ4n) is 5.89. The van der Waals surface area contributed by atoms with Gasteiger partial charge in [0.2, 0.25) is 0 Å². The number of rotatable bonds is 7. The van der Waals surface area contributed by atoms with E-state index in [4.69, 9.17) is 0 Å². The second kappa shape index (κ2) is 11.7. The molecular weight excluding hydrogens is 527 g/mol. The molecule has 2 heterocycles. The second-order valence-electron chi connectivity index (χ2n) is 11.2. The monoisotopic (exact) mass is 562 g/mol. The van der Waals surface area contributed by atoms with Crippen molar-refractivity contribution in [1.29, 1.82) is 0 Å². The van der Waals surface area contributed by atoms with E-state index in [2.05, 4.69) is 58.5 Å². The molecule has 1 aliphatic heterocycles. The number of para-hydroxylation sites is 1. The van der Waals surface area contributed by atoms with E-state index in [1.165, 1.54) is 23.9 Å². The quantitative estimate of drug-likeness (QED) is 0.206. The highest BCUT2D eigenvalue weighted by Crippen LogP contribution is 2.32. The number of amides is 1. The second-order valence-corrected chi connectivity index (χ2v) is 11.2. The SMILES string of the molecule is CN(C)C1CCN(c2ccc(-c3cccc(C(=O)N[C@@H](c4cc5ccccc5[nH]4)c4cc(F)ccc4O)c3)cc2)CC1.